The first-order chi connectivity index (χ1) is 16.6. The minimum Gasteiger partial charge on any atom is -0.394 e. The van der Waals surface area contributed by atoms with Gasteiger partial charge in [-0.3, -0.25) is 14.5 Å². The predicted octanol–water partition coefficient (Wildman–Crippen LogP) is 4.00. The van der Waals surface area contributed by atoms with Crippen molar-refractivity contribution in [2.45, 2.75) is 31.5 Å². The van der Waals surface area contributed by atoms with Gasteiger partial charge in [0.25, 0.3) is 11.8 Å². The first-order valence-electron chi connectivity index (χ1n) is 11.2. The van der Waals surface area contributed by atoms with Crippen LogP contribution in [0.15, 0.2) is 97.6 Å². The number of aliphatic hydroxyl groups is 1. The zero-order chi connectivity index (χ0) is 23.9. The molecule has 0 bridgehead atoms. The van der Waals surface area contributed by atoms with E-state index >= 15 is 0 Å². The van der Waals surface area contributed by atoms with Gasteiger partial charge >= 0.3 is 0 Å². The van der Waals surface area contributed by atoms with Crippen LogP contribution >= 0.6 is 0 Å². The van der Waals surface area contributed by atoms with E-state index in [0.717, 1.165) is 16.0 Å². The van der Waals surface area contributed by atoms with Gasteiger partial charge in [0.2, 0.25) is 0 Å². The summed E-state index contributed by atoms with van der Waals surface area (Å²) < 4.78 is 12.3. The average molecular weight is 458 g/mol. The number of ether oxygens (including phenoxy) is 2. The topological polar surface area (TPSA) is 76.1 Å². The molecule has 3 aromatic carbocycles. The SMILES string of the molecule is C=C[C@@H](OCc1ccccc1)[C@H](OCc1ccccc1)[C@@H](CO)N1C(=O)c2ccccc2C1=O. The van der Waals surface area contributed by atoms with E-state index in [0.29, 0.717) is 11.1 Å². The number of hydrogen-bond donors (Lipinski definition) is 1. The Morgan fingerprint density at radius 1 is 0.765 bits per heavy atom. The molecule has 6 nitrogen and oxygen atoms in total. The lowest BCUT2D eigenvalue weighted by atomic mass is 10.0. The molecule has 0 saturated carbocycles. The zero-order valence-electron chi connectivity index (χ0n) is 18.7. The van der Waals surface area contributed by atoms with Gasteiger partial charge in [-0.1, -0.05) is 78.9 Å². The third-order valence-corrected chi connectivity index (χ3v) is 5.85. The van der Waals surface area contributed by atoms with E-state index in [-0.39, 0.29) is 13.2 Å². The lowest BCUT2D eigenvalue weighted by molar-refractivity contribution is -0.0993. The highest BCUT2D eigenvalue weighted by Crippen LogP contribution is 2.28. The number of amides is 2. The summed E-state index contributed by atoms with van der Waals surface area (Å²) >= 11 is 0. The van der Waals surface area contributed by atoms with E-state index < -0.39 is 36.7 Å². The van der Waals surface area contributed by atoms with E-state index in [1.165, 1.54) is 0 Å². The van der Waals surface area contributed by atoms with Crippen LogP contribution in [0.3, 0.4) is 0 Å². The number of benzene rings is 3. The van der Waals surface area contributed by atoms with Gasteiger partial charge in [-0.15, -0.1) is 6.58 Å². The Bertz CT molecular complexity index is 1100. The fourth-order valence-electron chi connectivity index (χ4n) is 4.10. The Balaban J connectivity index is 1.61. The highest BCUT2D eigenvalue weighted by molar-refractivity contribution is 6.21. The van der Waals surface area contributed by atoms with E-state index in [1.807, 2.05) is 60.7 Å². The van der Waals surface area contributed by atoms with Crippen LogP contribution in [0.2, 0.25) is 0 Å². The molecule has 0 aromatic heterocycles. The van der Waals surface area contributed by atoms with E-state index in [9.17, 15) is 14.7 Å². The van der Waals surface area contributed by atoms with Crippen molar-refractivity contribution in [3.8, 4) is 0 Å². The third kappa shape index (κ3) is 4.99. The molecule has 6 heteroatoms. The Labute approximate surface area is 199 Å². The molecule has 0 aliphatic carbocycles. The molecule has 1 aliphatic heterocycles. The smallest absolute Gasteiger partial charge is 0.261 e. The molecule has 3 aromatic rings. The summed E-state index contributed by atoms with van der Waals surface area (Å²) in [7, 11) is 0. The molecular weight excluding hydrogens is 430 g/mol. The summed E-state index contributed by atoms with van der Waals surface area (Å²) in [6.07, 6.45) is 0.0541. The van der Waals surface area contributed by atoms with Crippen LogP contribution < -0.4 is 0 Å². The van der Waals surface area contributed by atoms with Crippen molar-refractivity contribution >= 4 is 11.8 Å². The lowest BCUT2D eigenvalue weighted by Crippen LogP contribution is -2.54. The molecule has 34 heavy (non-hydrogen) atoms. The van der Waals surface area contributed by atoms with Crippen molar-refractivity contribution in [3.63, 3.8) is 0 Å². The Hall–Kier alpha value is -3.58. The lowest BCUT2D eigenvalue weighted by Gasteiger charge is -2.35. The normalized spacial score (nSPS) is 15.6. The van der Waals surface area contributed by atoms with Crippen molar-refractivity contribution in [3.05, 3.63) is 120 Å². The third-order valence-electron chi connectivity index (χ3n) is 5.85. The molecule has 0 spiro atoms. The minimum absolute atomic E-state index is 0.213. The Morgan fingerprint density at radius 3 is 1.71 bits per heavy atom. The first kappa shape index (κ1) is 23.6. The summed E-state index contributed by atoms with van der Waals surface area (Å²) in [5.74, 6) is -0.919. The molecule has 3 atom stereocenters. The Kier molecular flexibility index (Phi) is 7.65. The van der Waals surface area contributed by atoms with Gasteiger partial charge in [-0.2, -0.15) is 0 Å². The monoisotopic (exact) mass is 457 g/mol. The molecule has 174 valence electrons. The molecule has 0 radical (unpaired) electrons. The van der Waals surface area contributed by atoms with Crippen molar-refractivity contribution in [2.75, 3.05) is 6.61 Å². The number of hydrogen-bond acceptors (Lipinski definition) is 5. The molecule has 4 rings (SSSR count). The van der Waals surface area contributed by atoms with E-state index in [2.05, 4.69) is 6.58 Å². The maximum Gasteiger partial charge on any atom is 0.261 e. The standard InChI is InChI=1S/C28H27NO5/c1-2-25(33-18-20-11-5-3-6-12-20)26(34-19-21-13-7-4-8-14-21)24(17-30)29-27(31)22-15-9-10-16-23(22)28(29)32/h2-16,24-26,30H,1,17-19H2/t24-,25-,26-/m1/s1. The molecule has 1 heterocycles. The molecule has 1 aliphatic rings. The minimum atomic E-state index is -0.963. The van der Waals surface area contributed by atoms with Crippen molar-refractivity contribution in [1.82, 2.24) is 4.90 Å². The van der Waals surface area contributed by atoms with Gasteiger partial charge < -0.3 is 14.6 Å². The van der Waals surface area contributed by atoms with Crippen molar-refractivity contribution in [2.24, 2.45) is 0 Å². The largest absolute Gasteiger partial charge is 0.394 e. The van der Waals surface area contributed by atoms with Gasteiger partial charge in [0.1, 0.15) is 12.2 Å². The predicted molar refractivity (Wildman–Crippen MR) is 128 cm³/mol. The van der Waals surface area contributed by atoms with Crippen LogP contribution in [0.25, 0.3) is 0 Å². The van der Waals surface area contributed by atoms with Crippen molar-refractivity contribution in [1.29, 1.82) is 0 Å². The summed E-state index contributed by atoms with van der Waals surface area (Å²) in [5, 5.41) is 10.4. The van der Waals surface area contributed by atoms with Crippen LogP contribution in [0.5, 0.6) is 0 Å². The molecule has 0 fully saturated rings. The number of imide groups is 1. The number of nitrogens with zero attached hydrogens (tertiary/aromatic N) is 1. The maximum atomic E-state index is 13.1. The van der Waals surface area contributed by atoms with E-state index in [4.69, 9.17) is 9.47 Å². The van der Waals surface area contributed by atoms with Gasteiger partial charge in [-0.05, 0) is 23.3 Å². The Morgan fingerprint density at radius 2 is 1.24 bits per heavy atom. The summed E-state index contributed by atoms with van der Waals surface area (Å²) in [5.41, 5.74) is 2.50. The van der Waals surface area contributed by atoms with Crippen LogP contribution in [-0.4, -0.2) is 46.7 Å². The average Bonchev–Trinajstić information content (AvgIpc) is 3.14. The fourth-order valence-corrected chi connectivity index (χ4v) is 4.10. The second-order valence-corrected chi connectivity index (χ2v) is 8.03. The van der Waals surface area contributed by atoms with Crippen LogP contribution in [0.4, 0.5) is 0 Å². The number of aliphatic hydroxyl groups excluding tert-OH is 1. The first-order valence-corrected chi connectivity index (χ1v) is 11.2. The summed E-state index contributed by atoms with van der Waals surface area (Å²) in [6, 6.07) is 24.9. The number of fused-ring (bicyclic) bond motifs is 1. The highest BCUT2D eigenvalue weighted by Gasteiger charge is 2.44. The zero-order valence-corrected chi connectivity index (χ0v) is 18.7. The quantitative estimate of drug-likeness (QED) is 0.348. The van der Waals surface area contributed by atoms with Gasteiger partial charge in [0, 0.05) is 0 Å². The molecule has 1 N–H and O–H groups in total. The molecular formula is C28H27NO5. The summed E-state index contributed by atoms with van der Waals surface area (Å²) in [6.45, 7) is 3.91. The van der Waals surface area contributed by atoms with Crippen molar-refractivity contribution < 1.29 is 24.2 Å². The maximum absolute atomic E-state index is 13.1. The molecule has 0 saturated heterocycles. The van der Waals surface area contributed by atoms with Crippen LogP contribution in [0.1, 0.15) is 31.8 Å². The van der Waals surface area contributed by atoms with Gasteiger partial charge in [-0.25, -0.2) is 0 Å². The molecule has 2 amide bonds. The number of rotatable bonds is 11. The number of carbonyl (C=O) groups excluding carboxylic acids is 2. The number of carbonyl (C=O) groups is 2. The molecule has 0 unspecified atom stereocenters. The second kappa shape index (κ2) is 11.0. The van der Waals surface area contributed by atoms with Gasteiger partial charge in [0.15, 0.2) is 0 Å². The fraction of sp³-hybridized carbons (Fsp3) is 0.214. The van der Waals surface area contributed by atoms with Gasteiger partial charge in [0.05, 0.1) is 37.0 Å². The van der Waals surface area contributed by atoms with Crippen LogP contribution in [0, 0.1) is 0 Å². The highest BCUT2D eigenvalue weighted by atomic mass is 16.5. The second-order valence-electron chi connectivity index (χ2n) is 8.03. The van der Waals surface area contributed by atoms with E-state index in [1.54, 1.807) is 30.3 Å². The van der Waals surface area contributed by atoms with Crippen LogP contribution in [-0.2, 0) is 22.7 Å². The summed E-state index contributed by atoms with van der Waals surface area (Å²) in [4.78, 5) is 27.4.